The van der Waals surface area contributed by atoms with E-state index in [0.29, 0.717) is 6.42 Å². The van der Waals surface area contributed by atoms with Crippen molar-refractivity contribution in [2.45, 2.75) is 13.3 Å². The van der Waals surface area contributed by atoms with Crippen molar-refractivity contribution in [1.82, 2.24) is 0 Å². The van der Waals surface area contributed by atoms with E-state index in [-0.39, 0.29) is 5.78 Å². The Morgan fingerprint density at radius 3 is 2.60 bits per heavy atom. The van der Waals surface area contributed by atoms with Crippen LogP contribution < -0.4 is 0 Å². The maximum atomic E-state index is 10.5. The van der Waals surface area contributed by atoms with E-state index in [2.05, 4.69) is 6.58 Å². The molecule has 0 fully saturated rings. The minimum atomic E-state index is 0.0907. The molecule has 2 nitrogen and oxygen atoms in total. The van der Waals surface area contributed by atoms with Gasteiger partial charge in [-0.25, -0.2) is 0 Å². The van der Waals surface area contributed by atoms with Crippen LogP contribution in [0.15, 0.2) is 24.3 Å². The second-order valence-electron chi connectivity index (χ2n) is 1.99. The van der Waals surface area contributed by atoms with Crippen LogP contribution in [0.1, 0.15) is 13.3 Å². The third kappa shape index (κ3) is 3.78. The van der Waals surface area contributed by atoms with Crippen molar-refractivity contribution in [1.29, 1.82) is 5.41 Å². The van der Waals surface area contributed by atoms with Gasteiger partial charge in [0.15, 0.2) is 0 Å². The van der Waals surface area contributed by atoms with E-state index in [9.17, 15) is 4.79 Å². The predicted octanol–water partition coefficient (Wildman–Crippen LogP) is 1.73. The lowest BCUT2D eigenvalue weighted by Gasteiger charge is -1.93. The smallest absolute Gasteiger partial charge is 0.134 e. The molecule has 1 N–H and O–H groups in total. The monoisotopic (exact) mass is 137 g/mol. The molecule has 0 heterocycles. The molecule has 54 valence electrons. The van der Waals surface area contributed by atoms with Crippen LogP contribution in [0, 0.1) is 5.41 Å². The van der Waals surface area contributed by atoms with E-state index >= 15 is 0 Å². The molecule has 0 aliphatic rings. The van der Waals surface area contributed by atoms with Crippen LogP contribution in [-0.4, -0.2) is 12.0 Å². The molecule has 0 radical (unpaired) electrons. The van der Waals surface area contributed by atoms with Gasteiger partial charge in [-0.1, -0.05) is 12.7 Å². The summed E-state index contributed by atoms with van der Waals surface area (Å²) in [5.41, 5.74) is 0.794. The van der Waals surface area contributed by atoms with Crippen molar-refractivity contribution in [2.75, 3.05) is 0 Å². The number of ketones is 1. The summed E-state index contributed by atoms with van der Waals surface area (Å²) in [6, 6.07) is 0. The van der Waals surface area contributed by atoms with E-state index in [4.69, 9.17) is 5.41 Å². The van der Waals surface area contributed by atoms with Crippen LogP contribution in [0.5, 0.6) is 0 Å². The summed E-state index contributed by atoms with van der Waals surface area (Å²) >= 11 is 0. The van der Waals surface area contributed by atoms with Crippen LogP contribution in [0.25, 0.3) is 0 Å². The fourth-order valence-electron chi connectivity index (χ4n) is 0.594. The van der Waals surface area contributed by atoms with Crippen molar-refractivity contribution >= 4 is 12.0 Å². The van der Waals surface area contributed by atoms with Crippen molar-refractivity contribution in [2.24, 2.45) is 0 Å². The third-order valence-electron chi connectivity index (χ3n) is 1.01. The van der Waals surface area contributed by atoms with Gasteiger partial charge in [0.2, 0.25) is 0 Å². The maximum absolute atomic E-state index is 10.5. The molecule has 0 bridgehead atoms. The number of carbonyl (C=O) groups is 1. The minimum absolute atomic E-state index is 0.0907. The van der Waals surface area contributed by atoms with Gasteiger partial charge >= 0.3 is 0 Å². The van der Waals surface area contributed by atoms with Gasteiger partial charge in [0.05, 0.1) is 0 Å². The highest BCUT2D eigenvalue weighted by molar-refractivity contribution is 5.81. The zero-order valence-corrected chi connectivity index (χ0v) is 6.05. The van der Waals surface area contributed by atoms with Gasteiger partial charge in [-0.05, 0) is 18.6 Å². The number of carbonyl (C=O) groups excluding carboxylic acids is 1. The van der Waals surface area contributed by atoms with Crippen molar-refractivity contribution in [3.8, 4) is 0 Å². The predicted molar refractivity (Wildman–Crippen MR) is 42.4 cm³/mol. The molecule has 2 heteroatoms. The quantitative estimate of drug-likeness (QED) is 0.465. The SMILES string of the molecule is C=C/C(=C\C=N)CC(C)=O. The molecule has 0 aromatic carbocycles. The average molecular weight is 137 g/mol. The number of Topliss-reactive ketones (excluding diaryl/α,β-unsaturated/α-hetero) is 1. The van der Waals surface area contributed by atoms with Crippen LogP contribution >= 0.6 is 0 Å². The summed E-state index contributed by atoms with van der Waals surface area (Å²) in [7, 11) is 0. The van der Waals surface area contributed by atoms with Gasteiger partial charge in [-0.15, -0.1) is 0 Å². The number of hydrogen-bond donors (Lipinski definition) is 1. The molecule has 0 atom stereocenters. The van der Waals surface area contributed by atoms with Crippen molar-refractivity contribution in [3.05, 3.63) is 24.3 Å². The second kappa shape index (κ2) is 4.68. The Hall–Kier alpha value is -1.18. The van der Waals surface area contributed by atoms with E-state index < -0.39 is 0 Å². The first kappa shape index (κ1) is 8.82. The molecule has 0 amide bonds. The highest BCUT2D eigenvalue weighted by atomic mass is 16.1. The molecule has 0 rings (SSSR count). The van der Waals surface area contributed by atoms with Crippen LogP contribution in [0.4, 0.5) is 0 Å². The van der Waals surface area contributed by atoms with E-state index in [0.717, 1.165) is 11.8 Å². The highest BCUT2D eigenvalue weighted by Gasteiger charge is 1.94. The summed E-state index contributed by atoms with van der Waals surface area (Å²) in [6.45, 7) is 5.02. The molecule has 0 spiro atoms. The van der Waals surface area contributed by atoms with Crippen LogP contribution in [0.2, 0.25) is 0 Å². The average Bonchev–Trinajstić information content (AvgIpc) is 1.86. The third-order valence-corrected chi connectivity index (χ3v) is 1.01. The molecule has 10 heavy (non-hydrogen) atoms. The largest absolute Gasteiger partial charge is 0.309 e. The van der Waals surface area contributed by atoms with Gasteiger partial charge in [-0.3, -0.25) is 4.79 Å². The molecular formula is C8H11NO. The van der Waals surface area contributed by atoms with Crippen LogP contribution in [-0.2, 0) is 4.79 Å². The molecule has 0 aliphatic carbocycles. The second-order valence-corrected chi connectivity index (χ2v) is 1.99. The molecule has 0 aromatic heterocycles. The number of nitrogens with one attached hydrogen (secondary N) is 1. The van der Waals surface area contributed by atoms with Crippen molar-refractivity contribution in [3.63, 3.8) is 0 Å². The molecule has 0 saturated heterocycles. The first-order chi connectivity index (χ1) is 4.70. The maximum Gasteiger partial charge on any atom is 0.134 e. The number of rotatable bonds is 4. The molecule has 0 aliphatic heterocycles. The Morgan fingerprint density at radius 1 is 1.70 bits per heavy atom. The Bertz CT molecular complexity index is 180. The van der Waals surface area contributed by atoms with Gasteiger partial charge in [0.25, 0.3) is 0 Å². The summed E-state index contributed by atoms with van der Waals surface area (Å²) < 4.78 is 0. The Labute approximate surface area is 60.8 Å². The first-order valence-electron chi connectivity index (χ1n) is 3.02. The molecular weight excluding hydrogens is 126 g/mol. The Kier molecular flexibility index (Phi) is 4.12. The first-order valence-corrected chi connectivity index (χ1v) is 3.02. The lowest BCUT2D eigenvalue weighted by molar-refractivity contribution is -0.116. The van der Waals surface area contributed by atoms with E-state index in [1.165, 1.54) is 6.92 Å². The normalized spacial score (nSPS) is 10.7. The molecule has 0 saturated carbocycles. The summed E-state index contributed by atoms with van der Waals surface area (Å²) in [5, 5.41) is 6.72. The van der Waals surface area contributed by atoms with Crippen molar-refractivity contribution < 1.29 is 4.79 Å². The topological polar surface area (TPSA) is 40.9 Å². The fraction of sp³-hybridized carbons (Fsp3) is 0.250. The van der Waals surface area contributed by atoms with Gasteiger partial charge in [0.1, 0.15) is 5.78 Å². The van der Waals surface area contributed by atoms with Gasteiger partial charge < -0.3 is 5.41 Å². The molecule has 0 unspecified atom stereocenters. The van der Waals surface area contributed by atoms with E-state index in [1.54, 1.807) is 12.2 Å². The zero-order valence-electron chi connectivity index (χ0n) is 6.05. The minimum Gasteiger partial charge on any atom is -0.309 e. The van der Waals surface area contributed by atoms with Crippen LogP contribution in [0.3, 0.4) is 0 Å². The lowest BCUT2D eigenvalue weighted by atomic mass is 10.1. The summed E-state index contributed by atoms with van der Waals surface area (Å²) in [6.07, 6.45) is 4.68. The van der Waals surface area contributed by atoms with E-state index in [1.807, 2.05) is 0 Å². The standard InChI is InChI=1S/C8H11NO/c1-3-8(4-5-9)6-7(2)10/h3-5,9H,1,6H2,2H3/b8-4+,9-5?. The Morgan fingerprint density at radius 2 is 2.30 bits per heavy atom. The number of hydrogen-bond acceptors (Lipinski definition) is 2. The zero-order chi connectivity index (χ0) is 7.98. The van der Waals surface area contributed by atoms with Gasteiger partial charge in [-0.2, -0.15) is 0 Å². The Balaban J connectivity index is 4.08. The summed E-state index contributed by atoms with van der Waals surface area (Å²) in [4.78, 5) is 10.5. The van der Waals surface area contributed by atoms with Gasteiger partial charge in [0, 0.05) is 12.6 Å². The molecule has 0 aromatic rings. The highest BCUT2D eigenvalue weighted by Crippen LogP contribution is 2.00. The summed E-state index contributed by atoms with van der Waals surface area (Å²) in [5.74, 6) is 0.0907. The fourth-order valence-corrected chi connectivity index (χ4v) is 0.594. The number of allylic oxidation sites excluding steroid dienone is 3. The lowest BCUT2D eigenvalue weighted by Crippen LogP contribution is -1.90.